The lowest BCUT2D eigenvalue weighted by Gasteiger charge is -2.26. The van der Waals surface area contributed by atoms with Gasteiger partial charge < -0.3 is 15.0 Å². The van der Waals surface area contributed by atoms with Crippen LogP contribution in [0.4, 0.5) is 5.69 Å². The lowest BCUT2D eigenvalue weighted by molar-refractivity contribution is -0.115. The first-order chi connectivity index (χ1) is 17.2. The predicted molar refractivity (Wildman–Crippen MR) is 140 cm³/mol. The number of carbonyl (C=O) groups is 1. The van der Waals surface area contributed by atoms with E-state index in [1.807, 2.05) is 83.7 Å². The average molecular weight is 469 g/mol. The van der Waals surface area contributed by atoms with Gasteiger partial charge in [0.1, 0.15) is 12.4 Å². The predicted octanol–water partition coefficient (Wildman–Crippen LogP) is 5.28. The van der Waals surface area contributed by atoms with Gasteiger partial charge in [-0.1, -0.05) is 55.0 Å². The van der Waals surface area contributed by atoms with E-state index in [4.69, 9.17) is 9.84 Å². The van der Waals surface area contributed by atoms with Crippen molar-refractivity contribution < 1.29 is 9.53 Å². The Balaban J connectivity index is 1.16. The minimum Gasteiger partial charge on any atom is -0.489 e. The van der Waals surface area contributed by atoms with Gasteiger partial charge in [0.05, 0.1) is 24.2 Å². The van der Waals surface area contributed by atoms with Crippen LogP contribution in [0, 0.1) is 0 Å². The van der Waals surface area contributed by atoms with E-state index in [2.05, 4.69) is 10.2 Å². The number of piperidine rings is 1. The number of hydrogen-bond donors (Lipinski definition) is 1. The van der Waals surface area contributed by atoms with E-state index >= 15 is 0 Å². The normalized spacial score (nSPS) is 14.2. The molecule has 4 aromatic rings. The SMILES string of the molecule is O=C(Cc1ccc(OCc2ccccc2)cc1)Nc1cccc2nn(CCN3CCCCC3)cc12. The molecule has 1 aliphatic heterocycles. The van der Waals surface area contributed by atoms with E-state index in [1.165, 1.54) is 32.4 Å². The molecule has 0 radical (unpaired) electrons. The second-order valence-electron chi connectivity index (χ2n) is 9.18. The summed E-state index contributed by atoms with van der Waals surface area (Å²) in [6.07, 6.45) is 6.28. The molecule has 0 atom stereocenters. The minimum atomic E-state index is -0.0449. The number of benzene rings is 3. The van der Waals surface area contributed by atoms with Crippen molar-refractivity contribution in [3.05, 3.63) is 90.1 Å². The Bertz CT molecular complexity index is 1240. The van der Waals surface area contributed by atoms with E-state index in [1.54, 1.807) is 0 Å². The summed E-state index contributed by atoms with van der Waals surface area (Å²) in [6.45, 7) is 4.77. The van der Waals surface area contributed by atoms with Crippen molar-refractivity contribution in [1.29, 1.82) is 0 Å². The van der Waals surface area contributed by atoms with Crippen LogP contribution >= 0.6 is 0 Å². The molecule has 0 bridgehead atoms. The molecule has 35 heavy (non-hydrogen) atoms. The van der Waals surface area contributed by atoms with Gasteiger partial charge in [-0.2, -0.15) is 5.10 Å². The number of nitrogens with one attached hydrogen (secondary N) is 1. The molecule has 180 valence electrons. The number of aromatic nitrogens is 2. The number of amides is 1. The van der Waals surface area contributed by atoms with Crippen molar-refractivity contribution >= 4 is 22.5 Å². The van der Waals surface area contributed by atoms with Gasteiger partial charge in [0.25, 0.3) is 0 Å². The molecule has 0 spiro atoms. The van der Waals surface area contributed by atoms with E-state index in [0.717, 1.165) is 46.6 Å². The number of likely N-dealkylation sites (tertiary alicyclic amines) is 1. The summed E-state index contributed by atoms with van der Waals surface area (Å²) in [6, 6.07) is 23.7. The molecule has 1 N–H and O–H groups in total. The third kappa shape index (κ3) is 6.28. The van der Waals surface area contributed by atoms with Crippen molar-refractivity contribution in [1.82, 2.24) is 14.7 Å². The summed E-state index contributed by atoms with van der Waals surface area (Å²) in [5.74, 6) is 0.747. The van der Waals surface area contributed by atoms with Crippen molar-refractivity contribution in [2.75, 3.05) is 25.0 Å². The lowest BCUT2D eigenvalue weighted by Crippen LogP contribution is -2.32. The van der Waals surface area contributed by atoms with Gasteiger partial charge in [-0.15, -0.1) is 0 Å². The maximum Gasteiger partial charge on any atom is 0.228 e. The smallest absolute Gasteiger partial charge is 0.228 e. The molecule has 1 amide bonds. The second-order valence-corrected chi connectivity index (χ2v) is 9.18. The van der Waals surface area contributed by atoms with E-state index in [9.17, 15) is 4.79 Å². The monoisotopic (exact) mass is 468 g/mol. The zero-order valence-corrected chi connectivity index (χ0v) is 20.0. The number of nitrogens with zero attached hydrogens (tertiary/aromatic N) is 3. The highest BCUT2D eigenvalue weighted by molar-refractivity contribution is 6.01. The summed E-state index contributed by atoms with van der Waals surface area (Å²) >= 11 is 0. The van der Waals surface area contributed by atoms with E-state index in [-0.39, 0.29) is 5.91 Å². The standard InChI is InChI=1S/C29H32N4O2/c34-29(20-23-12-14-25(15-13-23)35-22-24-8-3-1-4-9-24)30-27-10-7-11-28-26(27)21-33(31-28)19-18-32-16-5-2-6-17-32/h1,3-4,7-15,21H,2,5-6,16-20,22H2,(H,30,34). The summed E-state index contributed by atoms with van der Waals surface area (Å²) < 4.78 is 7.85. The van der Waals surface area contributed by atoms with Gasteiger partial charge in [0.2, 0.25) is 5.91 Å². The lowest BCUT2D eigenvalue weighted by atomic mass is 10.1. The zero-order valence-electron chi connectivity index (χ0n) is 20.0. The highest BCUT2D eigenvalue weighted by atomic mass is 16.5. The van der Waals surface area contributed by atoms with Crippen molar-refractivity contribution in [2.24, 2.45) is 0 Å². The molecule has 5 rings (SSSR count). The van der Waals surface area contributed by atoms with E-state index < -0.39 is 0 Å². The molecule has 0 saturated carbocycles. The summed E-state index contributed by atoms with van der Waals surface area (Å²) in [4.78, 5) is 15.3. The number of ether oxygens (including phenoxy) is 1. The number of fused-ring (bicyclic) bond motifs is 1. The Hall–Kier alpha value is -3.64. The Morgan fingerprint density at radius 2 is 1.66 bits per heavy atom. The van der Waals surface area contributed by atoms with Gasteiger partial charge in [0.15, 0.2) is 0 Å². The molecule has 1 aromatic heterocycles. The third-order valence-corrected chi connectivity index (χ3v) is 6.50. The number of carbonyl (C=O) groups excluding carboxylic acids is 1. The van der Waals surface area contributed by atoms with Crippen molar-refractivity contribution in [3.63, 3.8) is 0 Å². The van der Waals surface area contributed by atoms with Gasteiger partial charge in [-0.05, 0) is 61.3 Å². The fraction of sp³-hybridized carbons (Fsp3) is 0.310. The molecule has 1 aliphatic rings. The second kappa shape index (κ2) is 11.2. The van der Waals surface area contributed by atoms with Crippen LogP contribution < -0.4 is 10.1 Å². The average Bonchev–Trinajstić information content (AvgIpc) is 3.33. The Kier molecular flexibility index (Phi) is 7.39. The fourth-order valence-corrected chi connectivity index (χ4v) is 4.57. The van der Waals surface area contributed by atoms with Crippen LogP contribution in [0.5, 0.6) is 5.75 Å². The van der Waals surface area contributed by atoms with Crippen LogP contribution in [0.15, 0.2) is 79.0 Å². The zero-order chi connectivity index (χ0) is 23.9. The van der Waals surface area contributed by atoms with Gasteiger partial charge in [-0.25, -0.2) is 0 Å². The van der Waals surface area contributed by atoms with Gasteiger partial charge in [-0.3, -0.25) is 9.48 Å². The summed E-state index contributed by atoms with van der Waals surface area (Å²) in [5.41, 5.74) is 3.78. The molecular formula is C29H32N4O2. The van der Waals surface area contributed by atoms with Gasteiger partial charge in [0, 0.05) is 18.1 Å². The molecule has 2 heterocycles. The summed E-state index contributed by atoms with van der Waals surface area (Å²) in [7, 11) is 0. The van der Waals surface area contributed by atoms with Crippen molar-refractivity contribution in [2.45, 2.75) is 38.8 Å². The first-order valence-corrected chi connectivity index (χ1v) is 12.5. The topological polar surface area (TPSA) is 59.4 Å². The Labute approximate surface area is 206 Å². The van der Waals surface area contributed by atoms with Gasteiger partial charge >= 0.3 is 0 Å². The molecule has 6 heteroatoms. The van der Waals surface area contributed by atoms with Crippen molar-refractivity contribution in [3.8, 4) is 5.75 Å². The van der Waals surface area contributed by atoms with E-state index in [0.29, 0.717) is 13.0 Å². The molecule has 0 unspecified atom stereocenters. The maximum atomic E-state index is 12.8. The molecule has 0 aliphatic carbocycles. The van der Waals surface area contributed by atoms with Crippen LogP contribution in [0.1, 0.15) is 30.4 Å². The molecule has 1 fully saturated rings. The Morgan fingerprint density at radius 1 is 0.857 bits per heavy atom. The first kappa shape index (κ1) is 23.1. The maximum absolute atomic E-state index is 12.8. The van der Waals surface area contributed by atoms with Crippen LogP contribution in [0.25, 0.3) is 10.9 Å². The minimum absolute atomic E-state index is 0.0449. The fourth-order valence-electron chi connectivity index (χ4n) is 4.57. The highest BCUT2D eigenvalue weighted by Crippen LogP contribution is 2.23. The molecule has 6 nitrogen and oxygen atoms in total. The number of hydrogen-bond acceptors (Lipinski definition) is 4. The number of anilines is 1. The van der Waals surface area contributed by atoms with Crippen LogP contribution in [-0.4, -0.2) is 40.2 Å². The molecule has 3 aromatic carbocycles. The molecular weight excluding hydrogens is 436 g/mol. The number of rotatable bonds is 9. The Morgan fingerprint density at radius 3 is 2.46 bits per heavy atom. The summed E-state index contributed by atoms with van der Waals surface area (Å²) in [5, 5.41) is 8.78. The van der Waals surface area contributed by atoms with Crippen LogP contribution in [0.2, 0.25) is 0 Å². The molecule has 1 saturated heterocycles. The highest BCUT2D eigenvalue weighted by Gasteiger charge is 2.12. The quantitative estimate of drug-likeness (QED) is 0.363. The van der Waals surface area contributed by atoms with Crippen LogP contribution in [-0.2, 0) is 24.4 Å². The third-order valence-electron chi connectivity index (χ3n) is 6.50. The van der Waals surface area contributed by atoms with Crippen LogP contribution in [0.3, 0.4) is 0 Å². The first-order valence-electron chi connectivity index (χ1n) is 12.5. The largest absolute Gasteiger partial charge is 0.489 e.